The first-order valence-corrected chi connectivity index (χ1v) is 13.0. The van der Waals surface area contributed by atoms with Crippen LogP contribution < -0.4 is 10.1 Å². The standard InChI is InChI=1S/C29H27N5O3S/c1-34(14-16-35)15-17-37-21-18-25(20-8-3-2-4-9-20)31-26(19-21)27(36)32-23-11-6-5-10-22(23)28-33-24-12-7-13-30-29(24)38-28/h2-13,18-19,35H,14-17H2,1H3,(H,32,36). The number of aliphatic hydroxyl groups excluding tert-OH is 1. The number of nitrogens with zero attached hydrogens (tertiary/aromatic N) is 4. The van der Waals surface area contributed by atoms with Gasteiger partial charge in [-0.05, 0) is 31.3 Å². The molecule has 2 N–H and O–H groups in total. The van der Waals surface area contributed by atoms with Crippen molar-refractivity contribution < 1.29 is 14.6 Å². The zero-order valence-corrected chi connectivity index (χ0v) is 21.7. The third-order valence-electron chi connectivity index (χ3n) is 5.90. The molecule has 0 aliphatic carbocycles. The van der Waals surface area contributed by atoms with Gasteiger partial charge in [0.25, 0.3) is 5.91 Å². The van der Waals surface area contributed by atoms with Crippen LogP contribution in [-0.4, -0.2) is 64.2 Å². The van der Waals surface area contributed by atoms with Gasteiger partial charge in [-0.15, -0.1) is 0 Å². The summed E-state index contributed by atoms with van der Waals surface area (Å²) in [5.41, 5.74) is 4.03. The van der Waals surface area contributed by atoms with Crippen LogP contribution in [-0.2, 0) is 0 Å². The van der Waals surface area contributed by atoms with Crippen LogP contribution in [0.15, 0.2) is 85.1 Å². The maximum Gasteiger partial charge on any atom is 0.274 e. The smallest absolute Gasteiger partial charge is 0.274 e. The number of anilines is 1. The molecule has 0 aliphatic heterocycles. The summed E-state index contributed by atoms with van der Waals surface area (Å²) in [4.78, 5) is 30.0. The van der Waals surface area contributed by atoms with Gasteiger partial charge in [-0.25, -0.2) is 15.0 Å². The summed E-state index contributed by atoms with van der Waals surface area (Å²) in [5.74, 6) is 0.198. The molecule has 0 radical (unpaired) electrons. The van der Waals surface area contributed by atoms with Crippen LogP contribution >= 0.6 is 11.3 Å². The minimum absolute atomic E-state index is 0.0865. The number of hydrogen-bond donors (Lipinski definition) is 2. The summed E-state index contributed by atoms with van der Waals surface area (Å²) in [6, 6.07) is 24.5. The lowest BCUT2D eigenvalue weighted by Gasteiger charge is -2.16. The predicted octanol–water partition coefficient (Wildman–Crippen LogP) is 4.98. The third kappa shape index (κ3) is 6.03. The van der Waals surface area contributed by atoms with Gasteiger partial charge >= 0.3 is 0 Å². The fourth-order valence-electron chi connectivity index (χ4n) is 3.91. The Morgan fingerprint density at radius 2 is 1.82 bits per heavy atom. The second-order valence-electron chi connectivity index (χ2n) is 8.66. The number of carbonyl (C=O) groups excluding carboxylic acids is 1. The first kappa shape index (κ1) is 25.5. The highest BCUT2D eigenvalue weighted by molar-refractivity contribution is 7.21. The number of nitrogens with one attached hydrogen (secondary N) is 1. The van der Waals surface area contributed by atoms with E-state index in [0.29, 0.717) is 36.8 Å². The Labute approximate surface area is 224 Å². The van der Waals surface area contributed by atoms with Crippen LogP contribution in [0.3, 0.4) is 0 Å². The average Bonchev–Trinajstić information content (AvgIpc) is 3.38. The van der Waals surface area contributed by atoms with E-state index in [-0.39, 0.29) is 18.2 Å². The molecule has 5 aromatic rings. The number of aliphatic hydroxyl groups is 1. The van der Waals surface area contributed by atoms with Gasteiger partial charge < -0.3 is 20.1 Å². The van der Waals surface area contributed by atoms with E-state index in [9.17, 15) is 4.79 Å². The molecule has 1 amide bonds. The van der Waals surface area contributed by atoms with Gasteiger partial charge in [0, 0.05) is 42.5 Å². The number of ether oxygens (including phenoxy) is 1. The van der Waals surface area contributed by atoms with Gasteiger partial charge in [-0.2, -0.15) is 0 Å². The lowest BCUT2D eigenvalue weighted by molar-refractivity contribution is 0.102. The molecule has 38 heavy (non-hydrogen) atoms. The minimum Gasteiger partial charge on any atom is -0.492 e. The van der Waals surface area contributed by atoms with E-state index in [1.165, 1.54) is 11.3 Å². The molecule has 192 valence electrons. The number of hydrogen-bond acceptors (Lipinski definition) is 8. The molecular weight excluding hydrogens is 498 g/mol. The maximum atomic E-state index is 13.5. The molecule has 0 saturated carbocycles. The largest absolute Gasteiger partial charge is 0.492 e. The van der Waals surface area contributed by atoms with E-state index in [1.807, 2.05) is 84.7 Å². The second-order valence-corrected chi connectivity index (χ2v) is 9.64. The van der Waals surface area contributed by atoms with Crippen LogP contribution in [0, 0.1) is 0 Å². The molecule has 8 nitrogen and oxygen atoms in total. The van der Waals surface area contributed by atoms with Crippen molar-refractivity contribution in [2.45, 2.75) is 0 Å². The Bertz CT molecular complexity index is 1510. The SMILES string of the molecule is CN(CCO)CCOc1cc(C(=O)Nc2ccccc2-c2nc3cccnc3s2)nc(-c2ccccc2)c1. The zero-order chi connectivity index (χ0) is 26.3. The molecule has 0 atom stereocenters. The molecule has 0 unspecified atom stereocenters. The van der Waals surface area contributed by atoms with E-state index < -0.39 is 0 Å². The highest BCUT2D eigenvalue weighted by Gasteiger charge is 2.17. The summed E-state index contributed by atoms with van der Waals surface area (Å²) >= 11 is 1.48. The summed E-state index contributed by atoms with van der Waals surface area (Å²) in [6.45, 7) is 1.69. The molecule has 0 saturated heterocycles. The van der Waals surface area contributed by atoms with E-state index in [0.717, 1.165) is 26.5 Å². The number of rotatable bonds is 10. The van der Waals surface area contributed by atoms with Crippen molar-refractivity contribution in [1.29, 1.82) is 0 Å². The average molecular weight is 526 g/mol. The van der Waals surface area contributed by atoms with Crippen molar-refractivity contribution in [3.8, 4) is 27.6 Å². The van der Waals surface area contributed by atoms with Gasteiger partial charge in [0.05, 0.1) is 18.0 Å². The predicted molar refractivity (Wildman–Crippen MR) is 151 cm³/mol. The highest BCUT2D eigenvalue weighted by Crippen LogP contribution is 2.34. The van der Waals surface area contributed by atoms with Gasteiger partial charge in [0.2, 0.25) is 0 Å². The summed E-state index contributed by atoms with van der Waals surface area (Å²) < 4.78 is 5.99. The van der Waals surface area contributed by atoms with Crippen molar-refractivity contribution in [2.24, 2.45) is 0 Å². The zero-order valence-electron chi connectivity index (χ0n) is 20.9. The Kier molecular flexibility index (Phi) is 7.98. The number of thiazole rings is 1. The van der Waals surface area contributed by atoms with Crippen molar-refractivity contribution in [2.75, 3.05) is 38.7 Å². The first-order valence-electron chi connectivity index (χ1n) is 12.2. The number of amides is 1. The van der Waals surface area contributed by atoms with Crippen molar-refractivity contribution in [3.63, 3.8) is 0 Å². The highest BCUT2D eigenvalue weighted by atomic mass is 32.1. The topological polar surface area (TPSA) is 100 Å². The third-order valence-corrected chi connectivity index (χ3v) is 6.91. The Morgan fingerprint density at radius 1 is 1.00 bits per heavy atom. The lowest BCUT2D eigenvalue weighted by atomic mass is 10.1. The molecule has 0 aliphatic rings. The van der Waals surface area contributed by atoms with Gasteiger partial charge in [0.1, 0.15) is 33.4 Å². The minimum atomic E-state index is -0.350. The Balaban J connectivity index is 1.42. The lowest BCUT2D eigenvalue weighted by Crippen LogP contribution is -2.27. The number of likely N-dealkylation sites (N-methyl/N-ethyl adjacent to an activating group) is 1. The first-order chi connectivity index (χ1) is 18.6. The number of aromatic nitrogens is 3. The number of pyridine rings is 2. The molecule has 3 heterocycles. The molecule has 0 bridgehead atoms. The van der Waals surface area contributed by atoms with Crippen LogP contribution in [0.2, 0.25) is 0 Å². The molecule has 9 heteroatoms. The van der Waals surface area contributed by atoms with Crippen LogP contribution in [0.4, 0.5) is 5.69 Å². The summed E-state index contributed by atoms with van der Waals surface area (Å²) in [5, 5.41) is 12.9. The molecule has 2 aromatic carbocycles. The fourth-order valence-corrected chi connectivity index (χ4v) is 4.86. The Hall–Kier alpha value is -4.18. The van der Waals surface area contributed by atoms with E-state index in [1.54, 1.807) is 12.3 Å². The van der Waals surface area contributed by atoms with Gasteiger partial charge in [-0.1, -0.05) is 53.8 Å². The quantitative estimate of drug-likeness (QED) is 0.265. The van der Waals surface area contributed by atoms with Crippen LogP contribution in [0.25, 0.3) is 32.2 Å². The number of fused-ring (bicyclic) bond motifs is 1. The fraction of sp³-hybridized carbons (Fsp3) is 0.172. The van der Waals surface area contributed by atoms with E-state index in [2.05, 4.69) is 15.3 Å². The molecule has 3 aromatic heterocycles. The van der Waals surface area contributed by atoms with Crippen molar-refractivity contribution in [1.82, 2.24) is 19.9 Å². The normalized spacial score (nSPS) is 11.1. The Morgan fingerprint density at radius 3 is 2.63 bits per heavy atom. The number of carbonyl (C=O) groups is 1. The van der Waals surface area contributed by atoms with E-state index >= 15 is 0 Å². The number of benzene rings is 2. The van der Waals surface area contributed by atoms with Crippen LogP contribution in [0.5, 0.6) is 5.75 Å². The van der Waals surface area contributed by atoms with Crippen molar-refractivity contribution in [3.05, 3.63) is 90.8 Å². The summed E-state index contributed by atoms with van der Waals surface area (Å²) in [6.07, 6.45) is 1.74. The van der Waals surface area contributed by atoms with Crippen molar-refractivity contribution >= 4 is 33.3 Å². The molecular formula is C29H27N5O3S. The monoisotopic (exact) mass is 525 g/mol. The number of para-hydroxylation sites is 1. The van der Waals surface area contributed by atoms with Crippen LogP contribution in [0.1, 0.15) is 10.5 Å². The second kappa shape index (κ2) is 11.9. The molecule has 5 rings (SSSR count). The van der Waals surface area contributed by atoms with Gasteiger partial charge in [0.15, 0.2) is 0 Å². The molecule has 0 spiro atoms. The van der Waals surface area contributed by atoms with E-state index in [4.69, 9.17) is 14.8 Å². The van der Waals surface area contributed by atoms with Gasteiger partial charge in [-0.3, -0.25) is 4.79 Å². The maximum absolute atomic E-state index is 13.5. The molecule has 0 fully saturated rings. The summed E-state index contributed by atoms with van der Waals surface area (Å²) in [7, 11) is 1.92.